The number of nitro groups is 1. The van der Waals surface area contributed by atoms with E-state index in [2.05, 4.69) is 5.32 Å². The minimum atomic E-state index is -1.25. The maximum absolute atomic E-state index is 13.3. The second-order valence-corrected chi connectivity index (χ2v) is 5.43. The summed E-state index contributed by atoms with van der Waals surface area (Å²) in [5.41, 5.74) is 0.902. The van der Waals surface area contributed by atoms with Crippen molar-refractivity contribution in [3.8, 4) is 5.75 Å². The summed E-state index contributed by atoms with van der Waals surface area (Å²) in [6.07, 6.45) is -0.156. The van der Waals surface area contributed by atoms with Crippen LogP contribution in [0.2, 0.25) is 0 Å². The van der Waals surface area contributed by atoms with Crippen LogP contribution in [0.3, 0.4) is 0 Å². The number of halogens is 1. The van der Waals surface area contributed by atoms with Crippen LogP contribution in [-0.2, 0) is 16.0 Å². The number of carboxylic acids is 1. The molecule has 8 nitrogen and oxygen atoms in total. The number of carbonyl (C=O) groups is 2. The van der Waals surface area contributed by atoms with E-state index in [1.165, 1.54) is 12.1 Å². The molecule has 0 saturated carbocycles. The quantitative estimate of drug-likeness (QED) is 0.577. The Morgan fingerprint density at radius 3 is 2.65 bits per heavy atom. The minimum Gasteiger partial charge on any atom is -0.480 e. The summed E-state index contributed by atoms with van der Waals surface area (Å²) in [7, 11) is 0. The van der Waals surface area contributed by atoms with Crippen LogP contribution in [-0.4, -0.2) is 28.5 Å². The summed E-state index contributed by atoms with van der Waals surface area (Å²) in [4.78, 5) is 33.2. The number of aryl methyl sites for hydroxylation is 1. The van der Waals surface area contributed by atoms with Crippen LogP contribution in [0.15, 0.2) is 36.4 Å². The molecule has 0 radical (unpaired) electrons. The van der Waals surface area contributed by atoms with Gasteiger partial charge in [-0.25, -0.2) is 9.18 Å². The number of carbonyl (C=O) groups excluding carboxylic acids is 1. The van der Waals surface area contributed by atoms with Gasteiger partial charge in [-0.3, -0.25) is 14.9 Å². The highest BCUT2D eigenvalue weighted by molar-refractivity contribution is 5.93. The molecule has 0 spiro atoms. The van der Waals surface area contributed by atoms with Crippen molar-refractivity contribution in [3.63, 3.8) is 0 Å². The van der Waals surface area contributed by atoms with Gasteiger partial charge in [0.25, 0.3) is 5.69 Å². The van der Waals surface area contributed by atoms with E-state index in [0.29, 0.717) is 11.1 Å². The van der Waals surface area contributed by atoms with Gasteiger partial charge in [0.05, 0.1) is 17.0 Å². The molecule has 26 heavy (non-hydrogen) atoms. The van der Waals surface area contributed by atoms with Crippen molar-refractivity contribution < 1.29 is 28.7 Å². The number of nitrogens with zero attached hydrogens (tertiary/aromatic N) is 1. The van der Waals surface area contributed by atoms with Crippen molar-refractivity contribution in [2.75, 3.05) is 11.9 Å². The van der Waals surface area contributed by atoms with Gasteiger partial charge in [-0.05, 0) is 24.6 Å². The van der Waals surface area contributed by atoms with E-state index in [-0.39, 0.29) is 23.5 Å². The predicted octanol–water partition coefficient (Wildman–Crippen LogP) is 2.69. The summed E-state index contributed by atoms with van der Waals surface area (Å²) in [5, 5.41) is 22.1. The number of rotatable bonds is 7. The van der Waals surface area contributed by atoms with Gasteiger partial charge in [0.1, 0.15) is 11.6 Å². The van der Waals surface area contributed by atoms with Crippen molar-refractivity contribution in [1.82, 2.24) is 0 Å². The van der Waals surface area contributed by atoms with Gasteiger partial charge in [0.2, 0.25) is 5.91 Å². The zero-order valence-corrected chi connectivity index (χ0v) is 13.7. The van der Waals surface area contributed by atoms with Crippen molar-refractivity contribution in [2.45, 2.75) is 13.3 Å². The molecule has 0 aliphatic rings. The van der Waals surface area contributed by atoms with E-state index in [9.17, 15) is 24.1 Å². The molecule has 0 aliphatic carbocycles. The van der Waals surface area contributed by atoms with Gasteiger partial charge in [-0.2, -0.15) is 0 Å². The first kappa shape index (κ1) is 18.8. The number of anilines is 1. The second-order valence-electron chi connectivity index (χ2n) is 5.43. The largest absolute Gasteiger partial charge is 0.480 e. The normalized spacial score (nSPS) is 10.2. The van der Waals surface area contributed by atoms with E-state index in [4.69, 9.17) is 9.84 Å². The average molecular weight is 362 g/mol. The van der Waals surface area contributed by atoms with Crippen LogP contribution in [0.5, 0.6) is 5.75 Å². The predicted molar refractivity (Wildman–Crippen MR) is 89.7 cm³/mol. The van der Waals surface area contributed by atoms with E-state index in [0.717, 1.165) is 12.1 Å². The molecule has 0 aromatic heterocycles. The molecule has 136 valence electrons. The van der Waals surface area contributed by atoms with Crippen LogP contribution in [0, 0.1) is 22.9 Å². The highest BCUT2D eigenvalue weighted by Gasteiger charge is 2.15. The van der Waals surface area contributed by atoms with Gasteiger partial charge in [-0.1, -0.05) is 12.1 Å². The Hall–Kier alpha value is -3.49. The van der Waals surface area contributed by atoms with Crippen molar-refractivity contribution >= 4 is 23.3 Å². The molecule has 0 bridgehead atoms. The first-order valence-electron chi connectivity index (χ1n) is 7.44. The lowest BCUT2D eigenvalue weighted by atomic mass is 10.1. The fraction of sp³-hybridized carbons (Fsp3) is 0.176. The van der Waals surface area contributed by atoms with E-state index in [1.807, 2.05) is 0 Å². The van der Waals surface area contributed by atoms with Crippen molar-refractivity contribution in [3.05, 3.63) is 63.5 Å². The third-order valence-electron chi connectivity index (χ3n) is 3.40. The lowest BCUT2D eigenvalue weighted by Crippen LogP contribution is -2.17. The van der Waals surface area contributed by atoms with Gasteiger partial charge in [0, 0.05) is 17.7 Å². The Balaban J connectivity index is 2.14. The first-order valence-corrected chi connectivity index (χ1v) is 7.44. The zero-order chi connectivity index (χ0) is 19.3. The Labute approximate surface area is 147 Å². The van der Waals surface area contributed by atoms with Crippen LogP contribution >= 0.6 is 0 Å². The smallest absolute Gasteiger partial charge is 0.341 e. The third-order valence-corrected chi connectivity index (χ3v) is 3.40. The minimum absolute atomic E-state index is 0.0948. The Bertz CT molecular complexity index is 868. The van der Waals surface area contributed by atoms with Gasteiger partial charge < -0.3 is 15.2 Å². The molecule has 0 heterocycles. The number of hydrogen-bond donors (Lipinski definition) is 2. The van der Waals surface area contributed by atoms with Crippen molar-refractivity contribution in [1.29, 1.82) is 0 Å². The van der Waals surface area contributed by atoms with Gasteiger partial charge in [0.15, 0.2) is 6.61 Å². The molecule has 9 heteroatoms. The number of nitrogens with one attached hydrogen (secondary N) is 1. The van der Waals surface area contributed by atoms with E-state index in [1.54, 1.807) is 19.1 Å². The summed E-state index contributed by atoms with van der Waals surface area (Å²) >= 11 is 0. The lowest BCUT2D eigenvalue weighted by Gasteiger charge is -2.12. The first-order chi connectivity index (χ1) is 12.3. The molecule has 2 rings (SSSR count). The lowest BCUT2D eigenvalue weighted by molar-refractivity contribution is -0.385. The van der Waals surface area contributed by atoms with Crippen LogP contribution in [0.4, 0.5) is 15.8 Å². The summed E-state index contributed by atoms with van der Waals surface area (Å²) in [5.74, 6) is -2.55. The van der Waals surface area contributed by atoms with Crippen LogP contribution in [0.1, 0.15) is 11.1 Å². The molecular weight excluding hydrogens is 347 g/mol. The van der Waals surface area contributed by atoms with E-state index < -0.39 is 29.2 Å². The monoisotopic (exact) mass is 362 g/mol. The van der Waals surface area contributed by atoms with Gasteiger partial charge >= 0.3 is 5.97 Å². The average Bonchev–Trinajstić information content (AvgIpc) is 2.56. The number of ether oxygens (including phenoxy) is 1. The Morgan fingerprint density at radius 2 is 2.00 bits per heavy atom. The molecule has 2 aromatic rings. The molecule has 0 fully saturated rings. The summed E-state index contributed by atoms with van der Waals surface area (Å²) < 4.78 is 18.3. The molecule has 2 aromatic carbocycles. The Kier molecular flexibility index (Phi) is 5.84. The summed E-state index contributed by atoms with van der Waals surface area (Å²) in [6.45, 7) is 0.892. The SMILES string of the molecule is Cc1ccc(CC(=O)Nc2ccc(F)cc2OCC(=O)O)cc1[N+](=O)[O-]. The molecular formula is C17H15FN2O6. The number of carboxylic acid groups (broad SMARTS) is 1. The highest BCUT2D eigenvalue weighted by atomic mass is 19.1. The highest BCUT2D eigenvalue weighted by Crippen LogP contribution is 2.26. The number of nitro benzene ring substituents is 1. The van der Waals surface area contributed by atoms with Crippen molar-refractivity contribution in [2.24, 2.45) is 0 Å². The molecule has 0 unspecified atom stereocenters. The number of amides is 1. The van der Waals surface area contributed by atoms with Crippen LogP contribution < -0.4 is 10.1 Å². The maximum atomic E-state index is 13.3. The molecule has 0 aliphatic heterocycles. The molecule has 1 amide bonds. The number of hydrogen-bond acceptors (Lipinski definition) is 5. The summed E-state index contributed by atoms with van der Waals surface area (Å²) in [6, 6.07) is 7.72. The van der Waals surface area contributed by atoms with E-state index >= 15 is 0 Å². The molecule has 2 N–H and O–H groups in total. The topological polar surface area (TPSA) is 119 Å². The zero-order valence-electron chi connectivity index (χ0n) is 13.7. The fourth-order valence-corrected chi connectivity index (χ4v) is 2.20. The molecule has 0 atom stereocenters. The number of benzene rings is 2. The maximum Gasteiger partial charge on any atom is 0.341 e. The van der Waals surface area contributed by atoms with Gasteiger partial charge in [-0.15, -0.1) is 0 Å². The number of aliphatic carboxylic acids is 1. The standard InChI is InChI=1S/C17H15FN2O6/c1-10-2-3-11(6-14(10)20(24)25)7-16(21)19-13-5-4-12(18)8-15(13)26-9-17(22)23/h2-6,8H,7,9H2,1H3,(H,19,21)(H,22,23). The van der Waals surface area contributed by atoms with Crippen LogP contribution in [0.25, 0.3) is 0 Å². The third kappa shape index (κ3) is 5.00. The Morgan fingerprint density at radius 1 is 1.27 bits per heavy atom. The fourth-order valence-electron chi connectivity index (χ4n) is 2.20. The molecule has 0 saturated heterocycles. The second kappa shape index (κ2) is 8.06.